The molecule has 0 aromatic heterocycles. The van der Waals surface area contributed by atoms with Crippen molar-refractivity contribution in [1.82, 2.24) is 16.0 Å². The van der Waals surface area contributed by atoms with Crippen LogP contribution in [0.4, 0.5) is 4.39 Å². The smallest absolute Gasteiger partial charge is 0.311 e. The Morgan fingerprint density at radius 2 is 1.70 bits per heavy atom. The zero-order valence-electron chi connectivity index (χ0n) is 40.4. The highest BCUT2D eigenvalue weighted by molar-refractivity contribution is 5.73. The van der Waals surface area contributed by atoms with Crippen molar-refractivity contribution in [2.24, 2.45) is 17.8 Å². The van der Waals surface area contributed by atoms with Crippen molar-refractivity contribution >= 4 is 5.97 Å². The Kier molecular flexibility index (Phi) is 19.0. The SMILES string of the molecule is CCCNC[C@]1(O)[C@H](C)O[C@@H](O[C@H]2[C@H](C)[C@@H](O[C@@H]3O[C@H](C)C[C@H](NC)[C@H]3Oc3ccc(F)c(C#N)c3)[C@](C)(O)C[C@@H](C)CN[C@H](C)[C@@H](O)[C@](C)(O)[C@@H](CC)OC(=O)[C@@H]2C)C[C@@]1(C)OC. The van der Waals surface area contributed by atoms with E-state index in [1.54, 1.807) is 55.5 Å². The van der Waals surface area contributed by atoms with Crippen molar-refractivity contribution in [1.29, 1.82) is 5.26 Å². The number of benzene rings is 1. The second-order valence-electron chi connectivity index (χ2n) is 19.4. The van der Waals surface area contributed by atoms with Crippen LogP contribution in [0.3, 0.4) is 0 Å². The van der Waals surface area contributed by atoms with Crippen molar-refractivity contribution in [2.75, 3.05) is 33.8 Å². The number of esters is 1. The first-order valence-corrected chi connectivity index (χ1v) is 23.1. The lowest BCUT2D eigenvalue weighted by Gasteiger charge is -2.53. The third kappa shape index (κ3) is 12.1. The van der Waals surface area contributed by atoms with E-state index in [2.05, 4.69) is 16.0 Å². The summed E-state index contributed by atoms with van der Waals surface area (Å²) in [6.07, 6.45) is -7.23. The Labute approximate surface area is 380 Å². The molecule has 0 saturated carbocycles. The molecular weight excluding hydrogens is 832 g/mol. The Morgan fingerprint density at radius 1 is 1.02 bits per heavy atom. The number of rotatable bonds is 13. The van der Waals surface area contributed by atoms with Gasteiger partial charge in [0.1, 0.15) is 46.6 Å². The molecule has 7 N–H and O–H groups in total. The minimum absolute atomic E-state index is 0.0511. The highest BCUT2D eigenvalue weighted by Gasteiger charge is 2.58. The van der Waals surface area contributed by atoms with E-state index in [1.165, 1.54) is 26.2 Å². The fourth-order valence-electron chi connectivity index (χ4n) is 9.95. The number of carbonyl (C=O) groups is 1. The zero-order valence-corrected chi connectivity index (χ0v) is 40.4. The van der Waals surface area contributed by atoms with Gasteiger partial charge in [-0.2, -0.15) is 5.26 Å². The van der Waals surface area contributed by atoms with Crippen molar-refractivity contribution in [3.63, 3.8) is 0 Å². The molecule has 1 aromatic carbocycles. The van der Waals surface area contributed by atoms with Crippen molar-refractivity contribution in [2.45, 2.75) is 198 Å². The average molecular weight is 911 g/mol. The molecule has 4 rings (SSSR count). The van der Waals surface area contributed by atoms with E-state index in [-0.39, 0.29) is 55.2 Å². The average Bonchev–Trinajstić information content (AvgIpc) is 3.24. The molecule has 366 valence electrons. The lowest BCUT2D eigenvalue weighted by molar-refractivity contribution is -0.335. The van der Waals surface area contributed by atoms with E-state index >= 15 is 0 Å². The molecule has 1 aromatic rings. The summed E-state index contributed by atoms with van der Waals surface area (Å²) in [5.41, 5.74) is -6.37. The monoisotopic (exact) mass is 911 g/mol. The van der Waals surface area contributed by atoms with E-state index in [0.717, 1.165) is 12.5 Å². The topological polar surface area (TPSA) is 222 Å². The summed E-state index contributed by atoms with van der Waals surface area (Å²) >= 11 is 0. The Balaban J connectivity index is 1.86. The van der Waals surface area contributed by atoms with Gasteiger partial charge in [0, 0.05) is 38.1 Å². The maximum absolute atomic E-state index is 14.5. The molecule has 3 aliphatic rings. The van der Waals surface area contributed by atoms with E-state index in [1.807, 2.05) is 26.8 Å². The zero-order chi connectivity index (χ0) is 47.9. The number of nitriles is 1. The first-order valence-electron chi connectivity index (χ1n) is 23.1. The second-order valence-corrected chi connectivity index (χ2v) is 19.4. The van der Waals surface area contributed by atoms with E-state index in [0.29, 0.717) is 19.5 Å². The number of carbonyl (C=O) groups excluding carboxylic acids is 1. The Hall–Kier alpha value is -2.57. The molecule has 18 atom stereocenters. The number of nitrogens with zero attached hydrogens (tertiary/aromatic N) is 1. The first-order chi connectivity index (χ1) is 29.9. The van der Waals surface area contributed by atoms with Crippen LogP contribution in [0.15, 0.2) is 18.2 Å². The van der Waals surface area contributed by atoms with Crippen LogP contribution in [0.1, 0.15) is 114 Å². The van der Waals surface area contributed by atoms with Gasteiger partial charge in [0.25, 0.3) is 0 Å². The second kappa shape index (κ2) is 22.5. The van der Waals surface area contributed by atoms with Gasteiger partial charge in [-0.1, -0.05) is 27.7 Å². The molecule has 0 radical (unpaired) electrons. The predicted octanol–water partition coefficient (Wildman–Crippen LogP) is 3.68. The first kappa shape index (κ1) is 54.0. The van der Waals surface area contributed by atoms with Gasteiger partial charge in [0.05, 0.1) is 47.5 Å². The third-order valence-electron chi connectivity index (χ3n) is 14.1. The van der Waals surface area contributed by atoms with Gasteiger partial charge >= 0.3 is 5.97 Å². The number of hydrogen-bond donors (Lipinski definition) is 7. The van der Waals surface area contributed by atoms with Gasteiger partial charge in [-0.05, 0) is 112 Å². The molecule has 0 amide bonds. The van der Waals surface area contributed by atoms with Gasteiger partial charge in [0.15, 0.2) is 18.7 Å². The van der Waals surface area contributed by atoms with Crippen LogP contribution in [0, 0.1) is 34.9 Å². The molecule has 0 unspecified atom stereocenters. The fourth-order valence-corrected chi connectivity index (χ4v) is 9.95. The van der Waals surface area contributed by atoms with E-state index in [9.17, 15) is 34.9 Å². The Bertz CT molecular complexity index is 1700. The van der Waals surface area contributed by atoms with Crippen LogP contribution in [0.25, 0.3) is 0 Å². The van der Waals surface area contributed by atoms with Gasteiger partial charge in [-0.15, -0.1) is 0 Å². The van der Waals surface area contributed by atoms with Crippen LogP contribution < -0.4 is 20.7 Å². The number of cyclic esters (lactones) is 1. The number of aliphatic hydroxyl groups is 4. The van der Waals surface area contributed by atoms with Crippen LogP contribution in [-0.4, -0.2) is 150 Å². The predicted molar refractivity (Wildman–Crippen MR) is 237 cm³/mol. The van der Waals surface area contributed by atoms with Crippen molar-refractivity contribution in [3.8, 4) is 11.8 Å². The summed E-state index contributed by atoms with van der Waals surface area (Å²) in [4.78, 5) is 14.5. The highest BCUT2D eigenvalue weighted by Crippen LogP contribution is 2.43. The molecule has 0 bridgehead atoms. The lowest BCUT2D eigenvalue weighted by atomic mass is 9.75. The number of halogens is 1. The number of aliphatic hydroxyl groups excluding tert-OH is 1. The van der Waals surface area contributed by atoms with Gasteiger partial charge in [0.2, 0.25) is 0 Å². The summed E-state index contributed by atoms with van der Waals surface area (Å²) in [5, 5.41) is 67.7. The van der Waals surface area contributed by atoms with Gasteiger partial charge < -0.3 is 69.5 Å². The van der Waals surface area contributed by atoms with Crippen LogP contribution >= 0.6 is 0 Å². The number of methoxy groups -OCH3 is 1. The number of ether oxygens (including phenoxy) is 7. The minimum Gasteiger partial charge on any atom is -0.483 e. The molecule has 3 aliphatic heterocycles. The fraction of sp³-hybridized carbons (Fsp3) is 0.830. The van der Waals surface area contributed by atoms with E-state index in [4.69, 9.17) is 33.2 Å². The van der Waals surface area contributed by atoms with E-state index < -0.39 is 101 Å². The molecule has 3 fully saturated rings. The molecule has 0 aliphatic carbocycles. The number of hydrogen-bond acceptors (Lipinski definition) is 16. The molecule has 0 spiro atoms. The standard InChI is InChI=1S/C47H79FN4O12/c1-14-18-51-25-47(57)31(8)60-37(22-45(47,10)58-13)63-38-28(5)41(64-43-39(35(50-12)19-27(4)59-43)61-33-16-17-34(48)32(20-33)23-49)44(9,55)21-26(3)24-52-30(7)40(53)46(11,56)36(15-2)62-42(54)29(38)6/h16-17,20,26-31,35-41,43,50-53,55-57H,14-15,18-19,21-22,24-25H2,1-13H3/t26-,27-,28+,29-,30-,31+,35+,36-,37+,38+,39-,40-,41-,43+,44-,45-,46-,47+/m1/s1. The van der Waals surface area contributed by atoms with Crippen LogP contribution in [0.2, 0.25) is 0 Å². The number of likely N-dealkylation sites (N-methyl/N-ethyl adjacent to an activating group) is 1. The molecule has 64 heavy (non-hydrogen) atoms. The molecule has 16 nitrogen and oxygen atoms in total. The molecule has 17 heteroatoms. The van der Waals surface area contributed by atoms with Crippen LogP contribution in [-0.2, 0) is 33.2 Å². The minimum atomic E-state index is -1.86. The maximum Gasteiger partial charge on any atom is 0.311 e. The van der Waals surface area contributed by atoms with Crippen molar-refractivity contribution < 1.29 is 62.8 Å². The molecule has 3 heterocycles. The Morgan fingerprint density at radius 3 is 2.31 bits per heavy atom. The summed E-state index contributed by atoms with van der Waals surface area (Å²) in [7, 11) is 3.29. The van der Waals surface area contributed by atoms with Gasteiger partial charge in [-0.25, -0.2) is 4.39 Å². The largest absolute Gasteiger partial charge is 0.483 e. The summed E-state index contributed by atoms with van der Waals surface area (Å²) in [6, 6.07) is 4.73. The lowest BCUT2D eigenvalue weighted by Crippen LogP contribution is -2.70. The molecule has 3 saturated heterocycles. The van der Waals surface area contributed by atoms with Crippen LogP contribution in [0.5, 0.6) is 5.75 Å². The molecular formula is C47H79FN4O12. The van der Waals surface area contributed by atoms with Crippen molar-refractivity contribution in [3.05, 3.63) is 29.6 Å². The van der Waals surface area contributed by atoms with Gasteiger partial charge in [-0.3, -0.25) is 4.79 Å². The summed E-state index contributed by atoms with van der Waals surface area (Å²) in [6.45, 7) is 20.6. The maximum atomic E-state index is 14.5. The normalized spacial score (nSPS) is 43.0. The summed E-state index contributed by atoms with van der Waals surface area (Å²) in [5.74, 6) is -3.39. The highest BCUT2D eigenvalue weighted by atomic mass is 19.1. The third-order valence-corrected chi connectivity index (χ3v) is 14.1. The quantitative estimate of drug-likeness (QED) is 0.111. The summed E-state index contributed by atoms with van der Waals surface area (Å²) < 4.78 is 60.0. The number of nitrogens with one attached hydrogen (secondary N) is 3.